The molecule has 1 aliphatic heterocycles. The minimum absolute atomic E-state index is 0.238. The van der Waals surface area contributed by atoms with Crippen LogP contribution >= 0.6 is 0 Å². The molecule has 2 heterocycles. The Hall–Kier alpha value is -6.18. The minimum atomic E-state index is -0.497. The molecule has 240 valence electrons. The first-order valence-corrected chi connectivity index (χ1v) is 18.0. The predicted molar refractivity (Wildman–Crippen MR) is 213 cm³/mol. The smallest absolute Gasteiger partial charge is 0.0748 e. The van der Waals surface area contributed by atoms with E-state index in [1.165, 1.54) is 93.9 Å². The maximum atomic E-state index is 2.53. The predicted octanol–water partition coefficient (Wildman–Crippen LogP) is 12.6. The first kappa shape index (κ1) is 28.6. The molecule has 0 saturated carbocycles. The molecular weight excluding hydrogens is 615 g/mol. The fourth-order valence-electron chi connectivity index (χ4n) is 9.91. The molecule has 0 saturated heterocycles. The standard InChI is InChI=1S/C50H35N/c1-49(2)40-18-6-7-19-41(40)50(42-20-8-10-24-46(42)51-45-23-9-5-15-38(45)39-17-12-22-44(50)48(39)51)43-21-11-16-37(47(43)49)34-28-25-33(26-29-34)36-30-27-32-13-3-4-14-35(32)31-36/h3-31H,1-2H3. The zero-order valence-electron chi connectivity index (χ0n) is 28.7. The Morgan fingerprint density at radius 3 is 1.88 bits per heavy atom. The fraction of sp³-hybridized carbons (Fsp3) is 0.0800. The molecule has 0 amide bonds. The van der Waals surface area contributed by atoms with E-state index in [0.717, 1.165) is 0 Å². The number of hydrogen-bond donors (Lipinski definition) is 0. The molecule has 0 fully saturated rings. The van der Waals surface area contributed by atoms with Crippen molar-refractivity contribution in [2.24, 2.45) is 0 Å². The van der Waals surface area contributed by atoms with Crippen LogP contribution in [0.1, 0.15) is 47.2 Å². The van der Waals surface area contributed by atoms with E-state index in [1.807, 2.05) is 0 Å². The Labute approximate surface area is 298 Å². The molecule has 0 radical (unpaired) electrons. The van der Waals surface area contributed by atoms with E-state index in [-0.39, 0.29) is 5.41 Å². The lowest BCUT2D eigenvalue weighted by atomic mass is 9.52. The third kappa shape index (κ3) is 3.65. The topological polar surface area (TPSA) is 4.93 Å². The maximum absolute atomic E-state index is 2.53. The fourth-order valence-corrected chi connectivity index (χ4v) is 9.91. The van der Waals surface area contributed by atoms with Gasteiger partial charge in [-0.1, -0.05) is 172 Å². The van der Waals surface area contributed by atoms with Gasteiger partial charge in [-0.2, -0.15) is 0 Å². The molecular formula is C50H35N. The third-order valence-electron chi connectivity index (χ3n) is 12.0. The van der Waals surface area contributed by atoms with Gasteiger partial charge in [0.2, 0.25) is 0 Å². The zero-order chi connectivity index (χ0) is 33.9. The Bertz CT molecular complexity index is 2880. The van der Waals surface area contributed by atoms with Crippen LogP contribution in [0.4, 0.5) is 0 Å². The van der Waals surface area contributed by atoms with Crippen LogP contribution in [0.15, 0.2) is 176 Å². The van der Waals surface area contributed by atoms with Gasteiger partial charge in [-0.15, -0.1) is 0 Å². The van der Waals surface area contributed by atoms with Gasteiger partial charge in [0.1, 0.15) is 0 Å². The van der Waals surface area contributed by atoms with E-state index in [9.17, 15) is 0 Å². The van der Waals surface area contributed by atoms with E-state index in [4.69, 9.17) is 0 Å². The van der Waals surface area contributed by atoms with Crippen molar-refractivity contribution in [1.82, 2.24) is 4.57 Å². The van der Waals surface area contributed by atoms with Crippen LogP contribution in [0, 0.1) is 0 Å². The molecule has 9 aromatic rings. The molecule has 1 heteroatoms. The molecule has 1 atom stereocenters. The first-order valence-electron chi connectivity index (χ1n) is 18.0. The Morgan fingerprint density at radius 1 is 0.412 bits per heavy atom. The van der Waals surface area contributed by atoms with E-state index in [1.54, 1.807) is 0 Å². The summed E-state index contributed by atoms with van der Waals surface area (Å²) in [5.41, 5.74) is 16.3. The number of hydrogen-bond acceptors (Lipinski definition) is 0. The van der Waals surface area contributed by atoms with E-state index in [0.29, 0.717) is 0 Å². The summed E-state index contributed by atoms with van der Waals surface area (Å²) in [6.45, 7) is 4.85. The second-order valence-electron chi connectivity index (χ2n) is 14.9. The number of aromatic nitrogens is 1. The molecule has 0 N–H and O–H groups in total. The number of nitrogens with zero attached hydrogens (tertiary/aromatic N) is 1. The van der Waals surface area contributed by atoms with E-state index >= 15 is 0 Å². The average Bonchev–Trinajstić information content (AvgIpc) is 3.53. The van der Waals surface area contributed by atoms with Crippen molar-refractivity contribution in [1.29, 1.82) is 0 Å². The van der Waals surface area contributed by atoms with Gasteiger partial charge in [-0.25, -0.2) is 0 Å². The molecule has 1 nitrogen and oxygen atoms in total. The molecule has 1 aliphatic carbocycles. The largest absolute Gasteiger partial charge is 0.309 e. The lowest BCUT2D eigenvalue weighted by Gasteiger charge is -2.50. The van der Waals surface area contributed by atoms with Gasteiger partial charge in [-0.05, 0) is 84.6 Å². The van der Waals surface area contributed by atoms with Crippen LogP contribution < -0.4 is 0 Å². The summed E-state index contributed by atoms with van der Waals surface area (Å²) in [5.74, 6) is 0. The maximum Gasteiger partial charge on any atom is 0.0748 e. The molecule has 1 unspecified atom stereocenters. The van der Waals surface area contributed by atoms with Crippen molar-refractivity contribution in [3.8, 4) is 27.9 Å². The third-order valence-corrected chi connectivity index (χ3v) is 12.0. The summed E-state index contributed by atoms with van der Waals surface area (Å²) in [6.07, 6.45) is 0. The van der Waals surface area contributed by atoms with Gasteiger partial charge in [0.25, 0.3) is 0 Å². The van der Waals surface area contributed by atoms with Crippen LogP contribution in [0.3, 0.4) is 0 Å². The second kappa shape index (κ2) is 10.2. The van der Waals surface area contributed by atoms with Gasteiger partial charge >= 0.3 is 0 Å². The van der Waals surface area contributed by atoms with Crippen LogP contribution in [-0.4, -0.2) is 4.57 Å². The van der Waals surface area contributed by atoms with Crippen molar-refractivity contribution < 1.29 is 0 Å². The van der Waals surface area contributed by atoms with Crippen molar-refractivity contribution in [3.63, 3.8) is 0 Å². The highest BCUT2D eigenvalue weighted by Crippen LogP contribution is 2.61. The van der Waals surface area contributed by atoms with Crippen molar-refractivity contribution in [2.75, 3.05) is 0 Å². The number of fused-ring (bicyclic) bond motifs is 12. The Morgan fingerprint density at radius 2 is 1.02 bits per heavy atom. The van der Waals surface area contributed by atoms with Crippen LogP contribution in [0.25, 0.3) is 60.5 Å². The molecule has 51 heavy (non-hydrogen) atoms. The molecule has 1 aromatic heterocycles. The van der Waals surface area contributed by atoms with E-state index in [2.05, 4.69) is 194 Å². The van der Waals surface area contributed by atoms with Crippen LogP contribution in [0.2, 0.25) is 0 Å². The molecule has 0 bridgehead atoms. The first-order chi connectivity index (χ1) is 25.1. The SMILES string of the molecule is CC1(C)c2ccccc2C2(c3ccccc3-n3c4ccccc4c4cccc2c43)c2cccc(-c3ccc(-c4ccc5ccccc5c4)cc3)c21. The van der Waals surface area contributed by atoms with Crippen molar-refractivity contribution in [2.45, 2.75) is 24.7 Å². The summed E-state index contributed by atoms with van der Waals surface area (Å²) in [5, 5.41) is 5.14. The van der Waals surface area contributed by atoms with Gasteiger partial charge in [0.15, 0.2) is 0 Å². The van der Waals surface area contributed by atoms with Gasteiger partial charge in [0, 0.05) is 16.2 Å². The summed E-state index contributed by atoms with van der Waals surface area (Å²) in [6, 6.07) is 66.0. The number of para-hydroxylation sites is 3. The lowest BCUT2D eigenvalue weighted by Crippen LogP contribution is -2.44. The summed E-state index contributed by atoms with van der Waals surface area (Å²) in [7, 11) is 0. The normalized spacial score (nSPS) is 16.7. The number of benzene rings is 8. The van der Waals surface area contributed by atoms with Gasteiger partial charge in [0.05, 0.1) is 22.1 Å². The van der Waals surface area contributed by atoms with Crippen molar-refractivity contribution in [3.05, 3.63) is 209 Å². The van der Waals surface area contributed by atoms with Gasteiger partial charge < -0.3 is 4.57 Å². The average molecular weight is 650 g/mol. The highest BCUT2D eigenvalue weighted by molar-refractivity contribution is 6.12. The second-order valence-corrected chi connectivity index (χ2v) is 14.9. The van der Waals surface area contributed by atoms with Gasteiger partial charge in [-0.3, -0.25) is 0 Å². The van der Waals surface area contributed by atoms with Crippen LogP contribution in [-0.2, 0) is 10.8 Å². The van der Waals surface area contributed by atoms with Crippen LogP contribution in [0.5, 0.6) is 0 Å². The summed E-state index contributed by atoms with van der Waals surface area (Å²) >= 11 is 0. The lowest BCUT2D eigenvalue weighted by molar-refractivity contribution is 0.558. The highest BCUT2D eigenvalue weighted by atomic mass is 15.0. The summed E-state index contributed by atoms with van der Waals surface area (Å²) in [4.78, 5) is 0. The minimum Gasteiger partial charge on any atom is -0.309 e. The number of rotatable bonds is 2. The molecule has 2 aliphatic rings. The zero-order valence-corrected chi connectivity index (χ0v) is 28.7. The molecule has 11 rings (SSSR count). The van der Waals surface area contributed by atoms with E-state index < -0.39 is 5.41 Å². The monoisotopic (exact) mass is 649 g/mol. The summed E-state index contributed by atoms with van der Waals surface area (Å²) < 4.78 is 2.53. The quantitative estimate of drug-likeness (QED) is 0.176. The Balaban J connectivity index is 1.21. The molecule has 1 spiro atoms. The van der Waals surface area contributed by atoms with Crippen molar-refractivity contribution >= 4 is 32.6 Å². The Kier molecular flexibility index (Phi) is 5.72. The molecule has 8 aromatic carbocycles. The highest BCUT2D eigenvalue weighted by Gasteiger charge is 2.53.